The topological polar surface area (TPSA) is 64.1 Å². The summed E-state index contributed by atoms with van der Waals surface area (Å²) in [6.45, 7) is -0.508. The van der Waals surface area contributed by atoms with Crippen molar-refractivity contribution in [3.05, 3.63) is 59.7 Å². The predicted octanol–water partition coefficient (Wildman–Crippen LogP) is 3.71. The molecular weight excluding hydrogens is 404 g/mol. The first-order valence-electron chi connectivity index (χ1n) is 10.3. The molecule has 168 valence electrons. The Bertz CT molecular complexity index is 853. The van der Waals surface area contributed by atoms with Crippen LogP contribution in [0.3, 0.4) is 0 Å². The number of hydrogen-bond donors (Lipinski definition) is 2. The van der Waals surface area contributed by atoms with Gasteiger partial charge in [-0.2, -0.15) is 8.78 Å². The Morgan fingerprint density at radius 2 is 1.81 bits per heavy atom. The van der Waals surface area contributed by atoms with Crippen molar-refractivity contribution < 1.29 is 23.0 Å². The molecule has 0 spiro atoms. The van der Waals surface area contributed by atoms with E-state index >= 15 is 0 Å². The maximum Gasteiger partial charge on any atom is 0.387 e. The number of ether oxygens (including phenoxy) is 3. The van der Waals surface area contributed by atoms with E-state index in [4.69, 9.17) is 9.47 Å². The van der Waals surface area contributed by atoms with Crippen molar-refractivity contribution in [2.45, 2.75) is 31.4 Å². The molecule has 8 heteroatoms. The fourth-order valence-electron chi connectivity index (χ4n) is 3.79. The highest BCUT2D eigenvalue weighted by Crippen LogP contribution is 2.35. The molecule has 1 fully saturated rings. The Morgan fingerprint density at radius 3 is 2.45 bits per heavy atom. The summed E-state index contributed by atoms with van der Waals surface area (Å²) in [5.74, 6) is 1.56. The van der Waals surface area contributed by atoms with Crippen LogP contribution in [0.4, 0.5) is 8.78 Å². The highest BCUT2D eigenvalue weighted by molar-refractivity contribution is 5.79. The first-order valence-corrected chi connectivity index (χ1v) is 10.3. The number of rotatable bonds is 8. The molecule has 1 heterocycles. The molecule has 0 aromatic heterocycles. The van der Waals surface area contributed by atoms with Crippen LogP contribution in [0, 0.1) is 0 Å². The molecule has 0 amide bonds. The van der Waals surface area contributed by atoms with Crippen molar-refractivity contribution in [3.8, 4) is 11.5 Å². The van der Waals surface area contributed by atoms with Gasteiger partial charge in [-0.15, -0.1) is 0 Å². The molecule has 0 bridgehead atoms. The van der Waals surface area contributed by atoms with E-state index in [1.165, 1.54) is 11.6 Å². The Labute approximate surface area is 181 Å². The van der Waals surface area contributed by atoms with E-state index in [1.54, 1.807) is 32.4 Å². The van der Waals surface area contributed by atoms with Gasteiger partial charge < -0.3 is 24.8 Å². The van der Waals surface area contributed by atoms with Crippen LogP contribution >= 0.6 is 0 Å². The molecule has 2 aromatic rings. The van der Waals surface area contributed by atoms with E-state index in [1.807, 2.05) is 12.1 Å². The van der Waals surface area contributed by atoms with Crippen molar-refractivity contribution >= 4 is 5.96 Å². The van der Waals surface area contributed by atoms with Gasteiger partial charge in [-0.25, -0.2) is 0 Å². The summed E-state index contributed by atoms with van der Waals surface area (Å²) in [4.78, 5) is 4.28. The molecule has 0 aliphatic carbocycles. The fraction of sp³-hybridized carbons (Fsp3) is 0.435. The number of para-hydroxylation sites is 1. The van der Waals surface area contributed by atoms with Gasteiger partial charge in [0, 0.05) is 44.3 Å². The van der Waals surface area contributed by atoms with Gasteiger partial charge in [0.25, 0.3) is 0 Å². The largest absolute Gasteiger partial charge is 0.497 e. The van der Waals surface area contributed by atoms with Crippen molar-refractivity contribution in [1.82, 2.24) is 10.6 Å². The lowest BCUT2D eigenvalue weighted by Gasteiger charge is -2.38. The molecule has 0 unspecified atom stereocenters. The third-order valence-electron chi connectivity index (χ3n) is 5.61. The van der Waals surface area contributed by atoms with Crippen LogP contribution in [0.2, 0.25) is 0 Å². The van der Waals surface area contributed by atoms with Crippen LogP contribution in [0.25, 0.3) is 0 Å². The van der Waals surface area contributed by atoms with Crippen molar-refractivity contribution in [2.24, 2.45) is 4.99 Å². The molecule has 1 saturated heterocycles. The summed E-state index contributed by atoms with van der Waals surface area (Å²) in [6.07, 6.45) is 1.77. The minimum absolute atomic E-state index is 0.0984. The van der Waals surface area contributed by atoms with E-state index in [-0.39, 0.29) is 11.2 Å². The number of nitrogens with one attached hydrogen (secondary N) is 2. The molecule has 6 nitrogen and oxygen atoms in total. The first-order chi connectivity index (χ1) is 15.1. The van der Waals surface area contributed by atoms with Crippen LogP contribution in [0.15, 0.2) is 53.5 Å². The van der Waals surface area contributed by atoms with Crippen LogP contribution < -0.4 is 20.1 Å². The summed E-state index contributed by atoms with van der Waals surface area (Å²) in [6, 6.07) is 14.9. The van der Waals surface area contributed by atoms with Gasteiger partial charge in [-0.3, -0.25) is 4.99 Å². The molecular formula is C23H29F2N3O3. The predicted molar refractivity (Wildman–Crippen MR) is 116 cm³/mol. The SMILES string of the molecule is CN=C(NCc1ccccc1OC(F)F)NCC1(c2ccc(OC)cc2)CCOCC1. The highest BCUT2D eigenvalue weighted by Gasteiger charge is 2.34. The molecule has 2 N–H and O–H groups in total. The highest BCUT2D eigenvalue weighted by atomic mass is 19.3. The number of aliphatic imine (C=N–C) groups is 1. The smallest absolute Gasteiger partial charge is 0.387 e. The Kier molecular flexibility index (Phi) is 8.06. The monoisotopic (exact) mass is 433 g/mol. The molecule has 2 aromatic carbocycles. The van der Waals surface area contributed by atoms with Gasteiger partial charge in [-0.1, -0.05) is 30.3 Å². The average Bonchev–Trinajstić information content (AvgIpc) is 2.80. The summed E-state index contributed by atoms with van der Waals surface area (Å²) in [5.41, 5.74) is 1.75. The van der Waals surface area contributed by atoms with Crippen LogP contribution in [-0.2, 0) is 16.7 Å². The molecule has 1 aliphatic heterocycles. The second-order valence-corrected chi connectivity index (χ2v) is 7.39. The molecule has 3 rings (SSSR count). The van der Waals surface area contributed by atoms with Crippen LogP contribution in [0.5, 0.6) is 11.5 Å². The van der Waals surface area contributed by atoms with E-state index in [0.717, 1.165) is 18.6 Å². The number of halogens is 2. The van der Waals surface area contributed by atoms with Gasteiger partial charge in [-0.05, 0) is 36.6 Å². The lowest BCUT2D eigenvalue weighted by molar-refractivity contribution is -0.0504. The first kappa shape index (κ1) is 22.8. The van der Waals surface area contributed by atoms with Gasteiger partial charge in [0.2, 0.25) is 0 Å². The van der Waals surface area contributed by atoms with Crippen molar-refractivity contribution in [1.29, 1.82) is 0 Å². The van der Waals surface area contributed by atoms with E-state index < -0.39 is 6.61 Å². The Balaban J connectivity index is 1.66. The third-order valence-corrected chi connectivity index (χ3v) is 5.61. The summed E-state index contributed by atoms with van der Waals surface area (Å²) in [5, 5.41) is 6.59. The number of benzene rings is 2. The maximum atomic E-state index is 12.6. The number of alkyl halides is 2. The van der Waals surface area contributed by atoms with Gasteiger partial charge in [0.15, 0.2) is 5.96 Å². The normalized spacial score (nSPS) is 16.1. The maximum absolute atomic E-state index is 12.6. The number of hydrogen-bond acceptors (Lipinski definition) is 4. The van der Waals surface area contributed by atoms with Crippen LogP contribution in [0.1, 0.15) is 24.0 Å². The lowest BCUT2D eigenvalue weighted by atomic mass is 9.74. The van der Waals surface area contributed by atoms with E-state index in [9.17, 15) is 8.78 Å². The zero-order chi connectivity index (χ0) is 22.1. The van der Waals surface area contributed by atoms with E-state index in [0.29, 0.717) is 37.8 Å². The molecule has 1 aliphatic rings. The summed E-state index contributed by atoms with van der Waals surface area (Å²) >= 11 is 0. The third kappa shape index (κ3) is 6.07. The fourth-order valence-corrected chi connectivity index (χ4v) is 3.79. The van der Waals surface area contributed by atoms with Gasteiger partial charge in [0.05, 0.1) is 7.11 Å². The second-order valence-electron chi connectivity index (χ2n) is 7.39. The molecule has 0 radical (unpaired) electrons. The number of methoxy groups -OCH3 is 1. The number of guanidine groups is 1. The van der Waals surface area contributed by atoms with Gasteiger partial charge >= 0.3 is 6.61 Å². The molecule has 0 saturated carbocycles. The van der Waals surface area contributed by atoms with Crippen LogP contribution in [-0.4, -0.2) is 46.5 Å². The lowest BCUT2D eigenvalue weighted by Crippen LogP contribution is -2.47. The van der Waals surface area contributed by atoms with E-state index in [2.05, 4.69) is 32.5 Å². The average molecular weight is 433 g/mol. The molecule has 31 heavy (non-hydrogen) atoms. The van der Waals surface area contributed by atoms with Crippen molar-refractivity contribution in [3.63, 3.8) is 0 Å². The second kappa shape index (κ2) is 10.9. The molecule has 0 atom stereocenters. The zero-order valence-electron chi connectivity index (χ0n) is 17.9. The zero-order valence-corrected chi connectivity index (χ0v) is 17.9. The summed E-state index contributed by atoms with van der Waals surface area (Å²) < 4.78 is 40.8. The quantitative estimate of drug-likeness (QED) is 0.491. The minimum atomic E-state index is -2.86. The van der Waals surface area contributed by atoms with Crippen molar-refractivity contribution in [2.75, 3.05) is 33.9 Å². The Hall–Kier alpha value is -2.87. The Morgan fingerprint density at radius 1 is 1.10 bits per heavy atom. The standard InChI is InChI=1S/C23H29F2N3O3/c1-26-22(27-15-17-5-3-4-6-20(17)31-21(24)25)28-16-23(11-13-30-14-12-23)18-7-9-19(29-2)10-8-18/h3-10,21H,11-16H2,1-2H3,(H2,26,27,28). The minimum Gasteiger partial charge on any atom is -0.497 e. The summed E-state index contributed by atoms with van der Waals surface area (Å²) in [7, 11) is 3.34. The van der Waals surface area contributed by atoms with Gasteiger partial charge in [0.1, 0.15) is 11.5 Å². The number of nitrogens with zero attached hydrogens (tertiary/aromatic N) is 1.